The van der Waals surface area contributed by atoms with Crippen LogP contribution in [0, 0.1) is 18.3 Å². The van der Waals surface area contributed by atoms with Gasteiger partial charge in [-0.3, -0.25) is 0 Å². The van der Waals surface area contributed by atoms with Crippen molar-refractivity contribution in [3.63, 3.8) is 0 Å². The fraction of sp³-hybridized carbons (Fsp3) is 0.154. The molecule has 0 saturated heterocycles. The number of nitrogens with one attached hydrogen (secondary N) is 1. The maximum atomic E-state index is 8.93. The zero-order chi connectivity index (χ0) is 11.4. The van der Waals surface area contributed by atoms with Gasteiger partial charge in [0.05, 0.1) is 11.3 Å². The number of nitriles is 1. The number of aryl methyl sites for hydroxylation is 1. The molecule has 1 aromatic heterocycles. The molecule has 0 radical (unpaired) electrons. The molecule has 0 aliphatic rings. The lowest BCUT2D eigenvalue weighted by Crippen LogP contribution is -1.99. The average molecular weight is 228 g/mol. The summed E-state index contributed by atoms with van der Waals surface area (Å²) in [6.45, 7) is 2.87. The van der Waals surface area contributed by atoms with Crippen molar-refractivity contribution in [2.75, 3.05) is 5.32 Å². The van der Waals surface area contributed by atoms with Gasteiger partial charge in [0.1, 0.15) is 6.07 Å². The van der Waals surface area contributed by atoms with Crippen molar-refractivity contribution in [2.24, 2.45) is 0 Å². The third-order valence-corrected chi connectivity index (χ3v) is 3.30. The normalized spacial score (nSPS) is 9.75. The summed E-state index contributed by atoms with van der Waals surface area (Å²) in [7, 11) is 0. The largest absolute Gasteiger partial charge is 0.379 e. The van der Waals surface area contributed by atoms with Gasteiger partial charge in [0.15, 0.2) is 0 Å². The van der Waals surface area contributed by atoms with Crippen LogP contribution in [-0.2, 0) is 6.54 Å². The highest BCUT2D eigenvalue weighted by molar-refractivity contribution is 7.11. The molecule has 0 atom stereocenters. The van der Waals surface area contributed by atoms with Crippen LogP contribution < -0.4 is 5.32 Å². The highest BCUT2D eigenvalue weighted by Crippen LogP contribution is 2.18. The van der Waals surface area contributed by atoms with Crippen LogP contribution in [0.5, 0.6) is 0 Å². The van der Waals surface area contributed by atoms with Crippen LogP contribution >= 0.6 is 11.3 Å². The maximum absolute atomic E-state index is 8.93. The van der Waals surface area contributed by atoms with Crippen LogP contribution in [0.4, 0.5) is 5.69 Å². The van der Waals surface area contributed by atoms with Gasteiger partial charge < -0.3 is 5.32 Å². The minimum Gasteiger partial charge on any atom is -0.379 e. The first-order valence-corrected chi connectivity index (χ1v) is 5.89. The van der Waals surface area contributed by atoms with E-state index < -0.39 is 0 Å². The number of thiophene rings is 1. The highest BCUT2D eigenvalue weighted by atomic mass is 32.1. The van der Waals surface area contributed by atoms with Crippen molar-refractivity contribution in [2.45, 2.75) is 13.5 Å². The minimum absolute atomic E-state index is 0.691. The predicted octanol–water partition coefficient (Wildman–Crippen LogP) is 3.54. The number of anilines is 1. The monoisotopic (exact) mass is 228 g/mol. The smallest absolute Gasteiger partial charge is 0.101 e. The van der Waals surface area contributed by atoms with Gasteiger partial charge in [0, 0.05) is 16.3 Å². The van der Waals surface area contributed by atoms with E-state index in [0.717, 1.165) is 12.2 Å². The molecule has 0 spiro atoms. The molecule has 0 fully saturated rings. The molecule has 0 saturated carbocycles. The van der Waals surface area contributed by atoms with E-state index in [1.807, 2.05) is 24.3 Å². The van der Waals surface area contributed by atoms with E-state index in [0.29, 0.717) is 5.56 Å². The van der Waals surface area contributed by atoms with E-state index in [2.05, 4.69) is 30.4 Å². The Morgan fingerprint density at radius 1 is 1.25 bits per heavy atom. The molecule has 2 aromatic rings. The van der Waals surface area contributed by atoms with E-state index in [-0.39, 0.29) is 0 Å². The van der Waals surface area contributed by atoms with Crippen molar-refractivity contribution in [1.82, 2.24) is 0 Å². The van der Waals surface area contributed by atoms with Crippen LogP contribution in [0.1, 0.15) is 15.3 Å². The Morgan fingerprint density at radius 2 is 2.06 bits per heavy atom. The quantitative estimate of drug-likeness (QED) is 0.872. The van der Waals surface area contributed by atoms with Gasteiger partial charge in [0.2, 0.25) is 0 Å². The molecule has 16 heavy (non-hydrogen) atoms. The van der Waals surface area contributed by atoms with Gasteiger partial charge in [-0.05, 0) is 31.2 Å². The molecule has 0 amide bonds. The molecule has 80 valence electrons. The predicted molar refractivity (Wildman–Crippen MR) is 67.5 cm³/mol. The van der Waals surface area contributed by atoms with Crippen molar-refractivity contribution < 1.29 is 0 Å². The number of nitrogens with zero attached hydrogens (tertiary/aromatic N) is 1. The molecule has 1 heterocycles. The summed E-state index contributed by atoms with van der Waals surface area (Å²) in [6, 6.07) is 14.0. The second-order valence-corrected chi connectivity index (χ2v) is 4.90. The molecule has 0 aliphatic heterocycles. The van der Waals surface area contributed by atoms with Crippen LogP contribution in [0.25, 0.3) is 0 Å². The lowest BCUT2D eigenvalue weighted by Gasteiger charge is -2.05. The Balaban J connectivity index is 2.08. The van der Waals surface area contributed by atoms with E-state index in [1.54, 1.807) is 11.3 Å². The van der Waals surface area contributed by atoms with Gasteiger partial charge in [-0.25, -0.2) is 0 Å². The number of rotatable bonds is 3. The molecule has 0 aliphatic carbocycles. The molecule has 0 unspecified atom stereocenters. The van der Waals surface area contributed by atoms with Crippen molar-refractivity contribution >= 4 is 17.0 Å². The maximum Gasteiger partial charge on any atom is 0.101 e. The summed E-state index contributed by atoms with van der Waals surface area (Å²) in [6.07, 6.45) is 0. The average Bonchev–Trinajstić information content (AvgIpc) is 2.73. The fourth-order valence-corrected chi connectivity index (χ4v) is 2.33. The fourth-order valence-electron chi connectivity index (χ4n) is 1.50. The molecule has 1 N–H and O–H groups in total. The van der Waals surface area contributed by atoms with Crippen LogP contribution in [0.15, 0.2) is 36.4 Å². The van der Waals surface area contributed by atoms with E-state index >= 15 is 0 Å². The summed E-state index contributed by atoms with van der Waals surface area (Å²) in [4.78, 5) is 2.59. The van der Waals surface area contributed by atoms with Gasteiger partial charge >= 0.3 is 0 Å². The van der Waals surface area contributed by atoms with Gasteiger partial charge in [0.25, 0.3) is 0 Å². The Labute approximate surface area is 99.2 Å². The summed E-state index contributed by atoms with van der Waals surface area (Å²) in [5, 5.41) is 12.2. The van der Waals surface area contributed by atoms with E-state index in [9.17, 15) is 0 Å². The van der Waals surface area contributed by atoms with Crippen molar-refractivity contribution in [3.8, 4) is 6.07 Å². The lowest BCUT2D eigenvalue weighted by molar-refractivity contribution is 1.19. The summed E-state index contributed by atoms with van der Waals surface area (Å²) in [5.74, 6) is 0. The van der Waals surface area contributed by atoms with Gasteiger partial charge in [-0.2, -0.15) is 5.26 Å². The van der Waals surface area contributed by atoms with E-state index in [1.165, 1.54) is 9.75 Å². The number of hydrogen-bond acceptors (Lipinski definition) is 3. The third-order valence-electron chi connectivity index (χ3n) is 2.30. The molecular weight excluding hydrogens is 216 g/mol. The van der Waals surface area contributed by atoms with E-state index in [4.69, 9.17) is 5.26 Å². The van der Waals surface area contributed by atoms with Gasteiger partial charge in [-0.15, -0.1) is 11.3 Å². The Bertz CT molecular complexity index is 523. The van der Waals surface area contributed by atoms with Crippen LogP contribution in [-0.4, -0.2) is 0 Å². The number of para-hydroxylation sites is 1. The standard InChI is InChI=1S/C13H12N2S/c1-10-6-7-12(16-10)9-15-13-5-3-2-4-11(13)8-14/h2-7,15H,9H2,1H3. The second kappa shape index (κ2) is 4.82. The van der Waals surface area contributed by atoms with Crippen LogP contribution in [0.3, 0.4) is 0 Å². The summed E-state index contributed by atoms with van der Waals surface area (Å²) >= 11 is 1.78. The Kier molecular flexibility index (Phi) is 3.23. The molecular formula is C13H12N2S. The minimum atomic E-state index is 0.691. The van der Waals surface area contributed by atoms with Crippen molar-refractivity contribution in [3.05, 3.63) is 51.7 Å². The highest BCUT2D eigenvalue weighted by Gasteiger charge is 2.01. The zero-order valence-corrected chi connectivity index (χ0v) is 9.84. The Morgan fingerprint density at radius 3 is 2.75 bits per heavy atom. The zero-order valence-electron chi connectivity index (χ0n) is 9.03. The first kappa shape index (κ1) is 10.7. The third kappa shape index (κ3) is 2.41. The molecule has 3 heteroatoms. The first-order chi connectivity index (χ1) is 7.79. The number of hydrogen-bond donors (Lipinski definition) is 1. The van der Waals surface area contributed by atoms with Gasteiger partial charge in [-0.1, -0.05) is 12.1 Å². The molecule has 2 rings (SSSR count). The molecule has 2 nitrogen and oxygen atoms in total. The summed E-state index contributed by atoms with van der Waals surface area (Å²) in [5.41, 5.74) is 1.59. The first-order valence-electron chi connectivity index (χ1n) is 5.08. The molecule has 0 bridgehead atoms. The Hall–Kier alpha value is -1.79. The van der Waals surface area contributed by atoms with Crippen molar-refractivity contribution in [1.29, 1.82) is 5.26 Å². The number of benzene rings is 1. The van der Waals surface area contributed by atoms with Crippen LogP contribution in [0.2, 0.25) is 0 Å². The second-order valence-electron chi connectivity index (χ2n) is 3.52. The SMILES string of the molecule is Cc1ccc(CNc2ccccc2C#N)s1. The lowest BCUT2D eigenvalue weighted by atomic mass is 10.2. The summed E-state index contributed by atoms with van der Waals surface area (Å²) < 4.78 is 0. The topological polar surface area (TPSA) is 35.8 Å². The molecule has 1 aromatic carbocycles.